The van der Waals surface area contributed by atoms with E-state index in [0.29, 0.717) is 0 Å². The molecule has 0 amide bonds. The Balaban J connectivity index is 1.89. The zero-order valence-corrected chi connectivity index (χ0v) is 12.5. The topological polar surface area (TPSA) is 25.8 Å². The normalized spacial score (nSPS) is 10.8. The second kappa shape index (κ2) is 5.72. The van der Waals surface area contributed by atoms with Gasteiger partial charge in [-0.3, -0.25) is 9.97 Å². The average molecular weight is 331 g/mol. The fourth-order valence-corrected chi connectivity index (χ4v) is 3.12. The molecule has 1 aromatic carbocycles. The number of nitrogens with zero attached hydrogens (tertiary/aromatic N) is 2. The molecule has 0 aliphatic carbocycles. The van der Waals surface area contributed by atoms with Crippen molar-refractivity contribution in [2.45, 2.75) is 10.6 Å². The first-order chi connectivity index (χ1) is 9.33. The molecule has 0 saturated carbocycles. The van der Waals surface area contributed by atoms with Crippen LogP contribution in [0.15, 0.2) is 64.2 Å². The predicted octanol–water partition coefficient (Wildman–Crippen LogP) is 4.68. The van der Waals surface area contributed by atoms with Crippen molar-refractivity contribution in [1.82, 2.24) is 9.97 Å². The molecule has 0 N–H and O–H groups in total. The molecule has 19 heavy (non-hydrogen) atoms. The van der Waals surface area contributed by atoms with E-state index in [1.165, 1.54) is 10.5 Å². The van der Waals surface area contributed by atoms with E-state index in [-0.39, 0.29) is 0 Å². The smallest absolute Gasteiger partial charge is 0.102 e. The fraction of sp³-hybridized carbons (Fsp3) is 0.0667. The third-order valence-electron chi connectivity index (χ3n) is 2.74. The number of benzene rings is 1. The van der Waals surface area contributed by atoms with Crippen molar-refractivity contribution in [3.63, 3.8) is 0 Å². The van der Waals surface area contributed by atoms with E-state index >= 15 is 0 Å². The molecule has 0 fully saturated rings. The highest BCUT2D eigenvalue weighted by molar-refractivity contribution is 9.10. The third-order valence-corrected chi connectivity index (χ3v) is 4.30. The van der Waals surface area contributed by atoms with Crippen LogP contribution < -0.4 is 0 Å². The number of hydrogen-bond donors (Lipinski definition) is 0. The quantitative estimate of drug-likeness (QED) is 0.652. The number of thioether (sulfide) groups is 1. The van der Waals surface area contributed by atoms with E-state index in [0.717, 1.165) is 21.3 Å². The lowest BCUT2D eigenvalue weighted by atomic mass is 10.2. The molecule has 3 aromatic rings. The Morgan fingerprint density at radius 3 is 2.74 bits per heavy atom. The van der Waals surface area contributed by atoms with E-state index in [1.807, 2.05) is 30.6 Å². The molecule has 0 atom stereocenters. The van der Waals surface area contributed by atoms with Crippen LogP contribution in [-0.4, -0.2) is 9.97 Å². The second-order valence-corrected chi connectivity index (χ2v) is 6.04. The van der Waals surface area contributed by atoms with Gasteiger partial charge in [0.25, 0.3) is 0 Å². The highest BCUT2D eigenvalue weighted by atomic mass is 79.9. The monoisotopic (exact) mass is 330 g/mol. The lowest BCUT2D eigenvalue weighted by Crippen LogP contribution is -1.87. The number of pyridine rings is 2. The molecule has 2 heterocycles. The maximum Gasteiger partial charge on any atom is 0.102 e. The van der Waals surface area contributed by atoms with E-state index < -0.39 is 0 Å². The van der Waals surface area contributed by atoms with Gasteiger partial charge in [0.05, 0.1) is 5.52 Å². The summed E-state index contributed by atoms with van der Waals surface area (Å²) in [5.41, 5.74) is 3.20. The molecule has 0 aliphatic heterocycles. The van der Waals surface area contributed by atoms with Crippen molar-refractivity contribution >= 4 is 38.7 Å². The molecule has 2 aromatic heterocycles. The number of aromatic nitrogens is 2. The first-order valence-electron chi connectivity index (χ1n) is 5.90. The molecular formula is C15H11BrN2S. The summed E-state index contributed by atoms with van der Waals surface area (Å²) < 4.78 is 0.956. The van der Waals surface area contributed by atoms with Crippen LogP contribution in [0.3, 0.4) is 0 Å². The average Bonchev–Trinajstić information content (AvgIpc) is 2.45. The summed E-state index contributed by atoms with van der Waals surface area (Å²) in [4.78, 5) is 9.98. The standard InChI is InChI=1S/C15H11BrN2S/c16-12-8-13-15(18-9-12)14(6-7-17-13)19-10-11-4-2-1-3-5-11/h1-9H,10H2. The molecule has 4 heteroatoms. The first kappa shape index (κ1) is 12.6. The van der Waals surface area contributed by atoms with Crippen LogP contribution in [0.1, 0.15) is 5.56 Å². The summed E-state index contributed by atoms with van der Waals surface area (Å²) in [6.45, 7) is 0. The van der Waals surface area contributed by atoms with E-state index in [4.69, 9.17) is 0 Å². The zero-order valence-electron chi connectivity index (χ0n) is 10.1. The molecule has 0 aliphatic rings. The SMILES string of the molecule is Brc1cnc2c(SCc3ccccc3)ccnc2c1. The van der Waals surface area contributed by atoms with Gasteiger partial charge in [0.1, 0.15) is 5.52 Å². The minimum Gasteiger partial charge on any atom is -0.254 e. The molecule has 94 valence electrons. The van der Waals surface area contributed by atoms with Crippen LogP contribution in [0.4, 0.5) is 0 Å². The molecule has 0 spiro atoms. The van der Waals surface area contributed by atoms with Gasteiger partial charge in [-0.2, -0.15) is 0 Å². The van der Waals surface area contributed by atoms with Crippen molar-refractivity contribution < 1.29 is 0 Å². The van der Waals surface area contributed by atoms with Gasteiger partial charge in [0.15, 0.2) is 0 Å². The molecule has 2 nitrogen and oxygen atoms in total. The summed E-state index contributed by atoms with van der Waals surface area (Å²) in [7, 11) is 0. The Kier molecular flexibility index (Phi) is 3.80. The van der Waals surface area contributed by atoms with Gasteiger partial charge in [-0.15, -0.1) is 11.8 Å². The van der Waals surface area contributed by atoms with Crippen LogP contribution in [0.5, 0.6) is 0 Å². The summed E-state index contributed by atoms with van der Waals surface area (Å²) >= 11 is 5.21. The number of rotatable bonds is 3. The van der Waals surface area contributed by atoms with Crippen molar-refractivity contribution in [3.8, 4) is 0 Å². The molecule has 0 radical (unpaired) electrons. The molecule has 0 bridgehead atoms. The molecule has 0 unspecified atom stereocenters. The summed E-state index contributed by atoms with van der Waals surface area (Å²) in [6.07, 6.45) is 3.65. The third kappa shape index (κ3) is 2.96. The lowest BCUT2D eigenvalue weighted by Gasteiger charge is -2.05. The Hall–Kier alpha value is -1.39. The van der Waals surface area contributed by atoms with Gasteiger partial charge >= 0.3 is 0 Å². The number of hydrogen-bond acceptors (Lipinski definition) is 3. The highest BCUT2D eigenvalue weighted by Gasteiger charge is 2.05. The molecule has 0 saturated heterocycles. The second-order valence-electron chi connectivity index (χ2n) is 4.10. The fourth-order valence-electron chi connectivity index (χ4n) is 1.83. The minimum absolute atomic E-state index is 0.924. The summed E-state index contributed by atoms with van der Waals surface area (Å²) in [5, 5.41) is 0. The van der Waals surface area contributed by atoms with Gasteiger partial charge < -0.3 is 0 Å². The van der Waals surface area contributed by atoms with Crippen LogP contribution in [0, 0.1) is 0 Å². The molecular weight excluding hydrogens is 320 g/mol. The minimum atomic E-state index is 0.924. The van der Waals surface area contributed by atoms with E-state index in [2.05, 4.69) is 50.2 Å². The van der Waals surface area contributed by atoms with Gasteiger partial charge in [0, 0.05) is 27.5 Å². The van der Waals surface area contributed by atoms with Crippen LogP contribution in [-0.2, 0) is 5.75 Å². The summed E-state index contributed by atoms with van der Waals surface area (Å²) in [6, 6.07) is 14.5. The van der Waals surface area contributed by atoms with Crippen LogP contribution in [0.2, 0.25) is 0 Å². The van der Waals surface area contributed by atoms with Gasteiger partial charge in [-0.25, -0.2) is 0 Å². The van der Waals surface area contributed by atoms with Crippen molar-refractivity contribution in [3.05, 3.63) is 64.9 Å². The Bertz CT molecular complexity index is 701. The van der Waals surface area contributed by atoms with Crippen molar-refractivity contribution in [2.75, 3.05) is 0 Å². The van der Waals surface area contributed by atoms with Crippen molar-refractivity contribution in [2.24, 2.45) is 0 Å². The maximum atomic E-state index is 4.46. The van der Waals surface area contributed by atoms with E-state index in [9.17, 15) is 0 Å². The van der Waals surface area contributed by atoms with Crippen LogP contribution >= 0.6 is 27.7 Å². The van der Waals surface area contributed by atoms with Crippen molar-refractivity contribution in [1.29, 1.82) is 0 Å². The number of halogens is 1. The Morgan fingerprint density at radius 1 is 1.05 bits per heavy atom. The molecule has 3 rings (SSSR count). The number of fused-ring (bicyclic) bond motifs is 1. The Morgan fingerprint density at radius 2 is 1.89 bits per heavy atom. The van der Waals surface area contributed by atoms with Crippen LogP contribution in [0.25, 0.3) is 11.0 Å². The Labute approximate surface area is 124 Å². The van der Waals surface area contributed by atoms with Gasteiger partial charge in [0.2, 0.25) is 0 Å². The largest absolute Gasteiger partial charge is 0.254 e. The predicted molar refractivity (Wildman–Crippen MR) is 83.2 cm³/mol. The highest BCUT2D eigenvalue weighted by Crippen LogP contribution is 2.28. The summed E-state index contributed by atoms with van der Waals surface area (Å²) in [5.74, 6) is 0.942. The van der Waals surface area contributed by atoms with Gasteiger partial charge in [-0.1, -0.05) is 30.3 Å². The maximum absolute atomic E-state index is 4.46. The van der Waals surface area contributed by atoms with Gasteiger partial charge in [-0.05, 0) is 33.6 Å². The lowest BCUT2D eigenvalue weighted by molar-refractivity contribution is 1.26. The zero-order chi connectivity index (χ0) is 13.1. The first-order valence-corrected chi connectivity index (χ1v) is 7.68. The van der Waals surface area contributed by atoms with E-state index in [1.54, 1.807) is 11.8 Å².